The summed E-state index contributed by atoms with van der Waals surface area (Å²) in [4.78, 5) is 1.08. The van der Waals surface area contributed by atoms with Gasteiger partial charge >= 0.3 is 0 Å². The Balaban J connectivity index is 2.22. The van der Waals surface area contributed by atoms with Gasteiger partial charge in [-0.25, -0.2) is 0 Å². The van der Waals surface area contributed by atoms with Gasteiger partial charge in [-0.2, -0.15) is 0 Å². The van der Waals surface area contributed by atoms with Crippen molar-refractivity contribution in [3.05, 3.63) is 57.3 Å². The average Bonchev–Trinajstić information content (AvgIpc) is 2.65. The van der Waals surface area contributed by atoms with E-state index in [1.54, 1.807) is 11.3 Å². The molecule has 1 nitrogen and oxygen atoms in total. The van der Waals surface area contributed by atoms with E-state index in [4.69, 9.17) is 5.11 Å². The number of hydrogen-bond donors (Lipinski definition) is 1. The van der Waals surface area contributed by atoms with Crippen LogP contribution < -0.4 is 0 Å². The first kappa shape index (κ1) is 10.4. The molecule has 0 fully saturated rings. The van der Waals surface area contributed by atoms with Gasteiger partial charge in [-0.15, -0.1) is 11.3 Å². The monoisotopic (exact) mass is 218 g/mol. The number of benzene rings is 1. The van der Waals surface area contributed by atoms with E-state index in [1.807, 2.05) is 5.38 Å². The second kappa shape index (κ2) is 4.60. The van der Waals surface area contributed by atoms with Crippen molar-refractivity contribution in [2.75, 3.05) is 0 Å². The molecule has 2 aromatic rings. The third-order valence-corrected chi connectivity index (χ3v) is 3.41. The van der Waals surface area contributed by atoms with Crippen molar-refractivity contribution in [3.63, 3.8) is 0 Å². The Bertz CT molecular complexity index is 445. The van der Waals surface area contributed by atoms with Gasteiger partial charge in [-0.3, -0.25) is 0 Å². The van der Waals surface area contributed by atoms with E-state index in [0.717, 1.165) is 11.3 Å². The first-order chi connectivity index (χ1) is 7.29. The number of aliphatic hydroxyl groups excluding tert-OH is 1. The van der Waals surface area contributed by atoms with Crippen LogP contribution in [0.1, 0.15) is 21.6 Å². The highest BCUT2D eigenvalue weighted by Gasteiger charge is 2.03. The summed E-state index contributed by atoms with van der Waals surface area (Å²) in [7, 11) is 0. The van der Waals surface area contributed by atoms with Crippen LogP contribution in [0.25, 0.3) is 0 Å². The van der Waals surface area contributed by atoms with Crippen molar-refractivity contribution in [1.82, 2.24) is 0 Å². The lowest BCUT2D eigenvalue weighted by Crippen LogP contribution is -1.91. The molecule has 0 saturated carbocycles. The molecular weight excluding hydrogens is 204 g/mol. The Labute approximate surface area is 94.0 Å². The Morgan fingerprint density at radius 3 is 2.87 bits per heavy atom. The Morgan fingerprint density at radius 1 is 1.27 bits per heavy atom. The maximum Gasteiger partial charge on any atom is 0.0777 e. The molecular formula is C13H14OS. The Kier molecular flexibility index (Phi) is 3.19. The van der Waals surface area contributed by atoms with E-state index >= 15 is 0 Å². The molecule has 1 aromatic heterocycles. The van der Waals surface area contributed by atoms with E-state index in [9.17, 15) is 0 Å². The van der Waals surface area contributed by atoms with E-state index in [0.29, 0.717) is 0 Å². The third-order valence-electron chi connectivity index (χ3n) is 2.46. The van der Waals surface area contributed by atoms with Crippen LogP contribution in [0.2, 0.25) is 0 Å². The summed E-state index contributed by atoms with van der Waals surface area (Å²) in [5.41, 5.74) is 3.84. The molecule has 1 aromatic carbocycles. The summed E-state index contributed by atoms with van der Waals surface area (Å²) in [6, 6.07) is 10.6. The number of aryl methyl sites for hydroxylation is 1. The van der Waals surface area contributed by atoms with Gasteiger partial charge in [0.1, 0.15) is 0 Å². The average molecular weight is 218 g/mol. The van der Waals surface area contributed by atoms with Gasteiger partial charge in [-0.05, 0) is 35.9 Å². The molecule has 78 valence electrons. The third kappa shape index (κ3) is 2.46. The van der Waals surface area contributed by atoms with Crippen LogP contribution in [0.15, 0.2) is 35.7 Å². The Morgan fingerprint density at radius 2 is 2.13 bits per heavy atom. The quantitative estimate of drug-likeness (QED) is 0.839. The van der Waals surface area contributed by atoms with Gasteiger partial charge in [-0.1, -0.05) is 29.8 Å². The summed E-state index contributed by atoms with van der Waals surface area (Å²) in [5, 5.41) is 11.2. The zero-order chi connectivity index (χ0) is 10.7. The molecule has 2 heteroatoms. The molecule has 15 heavy (non-hydrogen) atoms. The fourth-order valence-corrected chi connectivity index (χ4v) is 2.47. The first-order valence-corrected chi connectivity index (χ1v) is 5.89. The molecule has 0 unspecified atom stereocenters. The standard InChI is InChI=1S/C13H14OS/c1-10-3-2-4-11(7-10)8-12-5-6-15-13(12)9-14/h2-7,14H,8-9H2,1H3. The van der Waals surface area contributed by atoms with Gasteiger partial charge in [0.2, 0.25) is 0 Å². The largest absolute Gasteiger partial charge is 0.391 e. The number of hydrogen-bond acceptors (Lipinski definition) is 2. The highest BCUT2D eigenvalue weighted by molar-refractivity contribution is 7.10. The van der Waals surface area contributed by atoms with Gasteiger partial charge in [0.25, 0.3) is 0 Å². The van der Waals surface area contributed by atoms with Gasteiger partial charge in [0.15, 0.2) is 0 Å². The predicted molar refractivity (Wildman–Crippen MR) is 64.2 cm³/mol. The maximum absolute atomic E-state index is 9.15. The second-order valence-electron chi connectivity index (χ2n) is 3.69. The normalized spacial score (nSPS) is 10.5. The van der Waals surface area contributed by atoms with Crippen LogP contribution in [-0.4, -0.2) is 5.11 Å². The molecule has 2 rings (SSSR count). The van der Waals surface area contributed by atoms with Crippen molar-refractivity contribution in [3.8, 4) is 0 Å². The van der Waals surface area contributed by atoms with Crippen molar-refractivity contribution in [1.29, 1.82) is 0 Å². The fourth-order valence-electron chi connectivity index (χ4n) is 1.71. The number of aliphatic hydroxyl groups is 1. The topological polar surface area (TPSA) is 20.2 Å². The minimum absolute atomic E-state index is 0.152. The highest BCUT2D eigenvalue weighted by atomic mass is 32.1. The molecule has 0 spiro atoms. The summed E-state index contributed by atoms with van der Waals surface area (Å²) < 4.78 is 0. The second-order valence-corrected chi connectivity index (χ2v) is 4.69. The molecule has 1 heterocycles. The molecule has 0 atom stereocenters. The van der Waals surface area contributed by atoms with Crippen molar-refractivity contribution >= 4 is 11.3 Å². The molecule has 0 aliphatic carbocycles. The number of thiophene rings is 1. The van der Waals surface area contributed by atoms with Crippen molar-refractivity contribution < 1.29 is 5.11 Å². The minimum atomic E-state index is 0.152. The summed E-state index contributed by atoms with van der Waals surface area (Å²) in [6.45, 7) is 2.25. The van der Waals surface area contributed by atoms with Crippen LogP contribution in [0.5, 0.6) is 0 Å². The fraction of sp³-hybridized carbons (Fsp3) is 0.231. The molecule has 1 N–H and O–H groups in total. The number of rotatable bonds is 3. The lowest BCUT2D eigenvalue weighted by atomic mass is 10.0. The van der Waals surface area contributed by atoms with Crippen LogP contribution in [0.4, 0.5) is 0 Å². The molecule has 0 saturated heterocycles. The van der Waals surface area contributed by atoms with Crippen LogP contribution in [-0.2, 0) is 13.0 Å². The molecule has 0 aliphatic heterocycles. The van der Waals surface area contributed by atoms with E-state index in [2.05, 4.69) is 37.3 Å². The van der Waals surface area contributed by atoms with Crippen LogP contribution >= 0.6 is 11.3 Å². The highest BCUT2D eigenvalue weighted by Crippen LogP contribution is 2.20. The molecule has 0 aliphatic rings. The molecule has 0 radical (unpaired) electrons. The van der Waals surface area contributed by atoms with Crippen LogP contribution in [0.3, 0.4) is 0 Å². The lowest BCUT2D eigenvalue weighted by molar-refractivity contribution is 0.284. The molecule has 0 bridgehead atoms. The Hall–Kier alpha value is -1.12. The van der Waals surface area contributed by atoms with Crippen molar-refractivity contribution in [2.24, 2.45) is 0 Å². The van der Waals surface area contributed by atoms with E-state index in [-0.39, 0.29) is 6.61 Å². The van der Waals surface area contributed by atoms with Gasteiger partial charge in [0, 0.05) is 4.88 Å². The zero-order valence-electron chi connectivity index (χ0n) is 8.73. The maximum atomic E-state index is 9.15. The lowest BCUT2D eigenvalue weighted by Gasteiger charge is -2.03. The first-order valence-electron chi connectivity index (χ1n) is 5.01. The summed E-state index contributed by atoms with van der Waals surface area (Å²) in [6.07, 6.45) is 0.918. The smallest absolute Gasteiger partial charge is 0.0777 e. The zero-order valence-corrected chi connectivity index (χ0v) is 9.55. The summed E-state index contributed by atoms with van der Waals surface area (Å²) in [5.74, 6) is 0. The SMILES string of the molecule is Cc1cccc(Cc2ccsc2CO)c1. The van der Waals surface area contributed by atoms with Crippen molar-refractivity contribution in [2.45, 2.75) is 20.0 Å². The van der Waals surface area contributed by atoms with E-state index < -0.39 is 0 Å². The van der Waals surface area contributed by atoms with Crippen LogP contribution in [0, 0.1) is 6.92 Å². The molecule has 0 amide bonds. The van der Waals surface area contributed by atoms with E-state index in [1.165, 1.54) is 16.7 Å². The van der Waals surface area contributed by atoms with Gasteiger partial charge in [0.05, 0.1) is 6.61 Å². The predicted octanol–water partition coefficient (Wildman–Crippen LogP) is 3.14. The minimum Gasteiger partial charge on any atom is -0.391 e. The van der Waals surface area contributed by atoms with Gasteiger partial charge < -0.3 is 5.11 Å². The summed E-state index contributed by atoms with van der Waals surface area (Å²) >= 11 is 1.62.